The molecule has 0 aromatic heterocycles. The Bertz CT molecular complexity index is 593. The zero-order valence-electron chi connectivity index (χ0n) is 13.4. The summed E-state index contributed by atoms with van der Waals surface area (Å²) in [6, 6.07) is 5.26. The monoisotopic (exact) mass is 339 g/mol. The average Bonchev–Trinajstić information content (AvgIpc) is 2.49. The number of Topliss-reactive ketones (excluding diaryl/α,β-unsaturated/α-hetero) is 1. The van der Waals surface area contributed by atoms with Gasteiger partial charge in [-0.1, -0.05) is 50.4 Å². The van der Waals surface area contributed by atoms with E-state index in [1.54, 1.807) is 24.4 Å². The van der Waals surface area contributed by atoms with Crippen LogP contribution in [-0.2, 0) is 4.79 Å². The Morgan fingerprint density at radius 3 is 2.77 bits per heavy atom. The van der Waals surface area contributed by atoms with Gasteiger partial charge in [0.15, 0.2) is 5.78 Å². The number of anilines is 1. The first-order valence-electron chi connectivity index (χ1n) is 7.77. The van der Waals surface area contributed by atoms with Crippen molar-refractivity contribution in [3.05, 3.63) is 40.0 Å². The van der Waals surface area contributed by atoms with Crippen LogP contribution in [0.1, 0.15) is 46.5 Å². The third-order valence-electron chi connectivity index (χ3n) is 4.89. The molecule has 0 aliphatic heterocycles. The van der Waals surface area contributed by atoms with Crippen LogP contribution >= 0.6 is 23.2 Å². The summed E-state index contributed by atoms with van der Waals surface area (Å²) in [7, 11) is 0. The normalized spacial score (nSPS) is 21.2. The van der Waals surface area contributed by atoms with Crippen LogP contribution in [0.4, 0.5) is 5.69 Å². The first kappa shape index (κ1) is 17.4. The van der Waals surface area contributed by atoms with Gasteiger partial charge in [-0.2, -0.15) is 0 Å². The summed E-state index contributed by atoms with van der Waals surface area (Å²) in [5.41, 5.74) is 1.84. The molecule has 1 saturated carbocycles. The van der Waals surface area contributed by atoms with E-state index in [-0.39, 0.29) is 11.2 Å². The van der Waals surface area contributed by atoms with Gasteiger partial charge in [0.25, 0.3) is 0 Å². The van der Waals surface area contributed by atoms with E-state index in [0.717, 1.165) is 30.5 Å². The largest absolute Gasteiger partial charge is 0.360 e. The minimum atomic E-state index is 0.230. The quantitative estimate of drug-likeness (QED) is 0.672. The Balaban J connectivity index is 2.15. The molecule has 4 heteroatoms. The van der Waals surface area contributed by atoms with Gasteiger partial charge in [0.2, 0.25) is 0 Å². The molecule has 1 aliphatic rings. The van der Waals surface area contributed by atoms with E-state index in [2.05, 4.69) is 26.1 Å². The Morgan fingerprint density at radius 1 is 1.36 bits per heavy atom. The molecule has 1 atom stereocenters. The van der Waals surface area contributed by atoms with Gasteiger partial charge in [-0.3, -0.25) is 4.79 Å². The number of nitrogens with one attached hydrogen (secondary N) is 1. The molecular weight excluding hydrogens is 317 g/mol. The van der Waals surface area contributed by atoms with Crippen molar-refractivity contribution in [2.45, 2.75) is 46.5 Å². The lowest BCUT2D eigenvalue weighted by Crippen LogP contribution is -2.29. The maximum atomic E-state index is 12.2. The van der Waals surface area contributed by atoms with Gasteiger partial charge in [-0.25, -0.2) is 0 Å². The number of allylic oxidation sites excluding steroid dienone is 1. The second kappa shape index (κ2) is 7.06. The molecule has 1 N–H and O–H groups in total. The summed E-state index contributed by atoms with van der Waals surface area (Å²) < 4.78 is 0. The van der Waals surface area contributed by atoms with Crippen molar-refractivity contribution in [1.82, 2.24) is 0 Å². The standard InChI is InChI=1S/C18H23Cl2NO/c1-4-18(2,3)13-5-8-17(22)12(9-13)11-21-16-10-14(19)6-7-15(16)20/h6-7,10-11,13,21H,4-5,8-9H2,1-3H3/b12-11+/t13-/m0/s1. The van der Waals surface area contributed by atoms with E-state index >= 15 is 0 Å². The number of rotatable bonds is 4. The highest BCUT2D eigenvalue weighted by molar-refractivity contribution is 6.35. The second-order valence-electron chi connectivity index (χ2n) is 6.64. The molecule has 1 aliphatic carbocycles. The summed E-state index contributed by atoms with van der Waals surface area (Å²) in [4.78, 5) is 12.2. The van der Waals surface area contributed by atoms with Crippen LogP contribution in [0.2, 0.25) is 10.0 Å². The molecule has 0 heterocycles. The predicted molar refractivity (Wildman–Crippen MR) is 94.6 cm³/mol. The lowest BCUT2D eigenvalue weighted by Gasteiger charge is -2.36. The van der Waals surface area contributed by atoms with Crippen LogP contribution in [0.15, 0.2) is 30.0 Å². The Morgan fingerprint density at radius 2 is 2.09 bits per heavy atom. The molecule has 2 rings (SSSR count). The van der Waals surface area contributed by atoms with Gasteiger partial charge >= 0.3 is 0 Å². The Labute approximate surface area is 142 Å². The molecule has 0 radical (unpaired) electrons. The number of carbonyl (C=O) groups excluding carboxylic acids is 1. The number of hydrogen-bond donors (Lipinski definition) is 1. The number of ketones is 1. The van der Waals surface area contributed by atoms with E-state index in [9.17, 15) is 4.79 Å². The zero-order valence-corrected chi connectivity index (χ0v) is 14.9. The highest BCUT2D eigenvalue weighted by Crippen LogP contribution is 2.41. The van der Waals surface area contributed by atoms with Gasteiger partial charge in [0.05, 0.1) is 10.7 Å². The topological polar surface area (TPSA) is 29.1 Å². The fourth-order valence-electron chi connectivity index (χ4n) is 2.82. The number of halogens is 2. The maximum absolute atomic E-state index is 12.2. The van der Waals surface area contributed by atoms with Crippen LogP contribution in [0.3, 0.4) is 0 Å². The third-order valence-corrected chi connectivity index (χ3v) is 5.46. The van der Waals surface area contributed by atoms with Gasteiger partial charge in [0.1, 0.15) is 0 Å². The smallest absolute Gasteiger partial charge is 0.160 e. The zero-order chi connectivity index (χ0) is 16.3. The first-order chi connectivity index (χ1) is 10.3. The van der Waals surface area contributed by atoms with Crippen LogP contribution in [0, 0.1) is 11.3 Å². The molecule has 0 saturated heterocycles. The van der Waals surface area contributed by atoms with Crippen LogP contribution < -0.4 is 5.32 Å². The molecular formula is C18H23Cl2NO. The molecule has 0 bridgehead atoms. The van der Waals surface area contributed by atoms with Crippen molar-refractivity contribution in [2.75, 3.05) is 5.32 Å². The van der Waals surface area contributed by atoms with Crippen molar-refractivity contribution < 1.29 is 4.79 Å². The van der Waals surface area contributed by atoms with Crippen LogP contribution in [-0.4, -0.2) is 5.78 Å². The van der Waals surface area contributed by atoms with Gasteiger partial charge in [0, 0.05) is 23.2 Å². The van der Waals surface area contributed by atoms with Crippen molar-refractivity contribution >= 4 is 34.7 Å². The van der Waals surface area contributed by atoms with Crippen LogP contribution in [0.5, 0.6) is 0 Å². The summed E-state index contributed by atoms with van der Waals surface area (Å²) in [6.07, 6.45) is 5.36. The number of hydrogen-bond acceptors (Lipinski definition) is 2. The van der Waals surface area contributed by atoms with Crippen LogP contribution in [0.25, 0.3) is 0 Å². The fourth-order valence-corrected chi connectivity index (χ4v) is 3.16. The highest BCUT2D eigenvalue weighted by atomic mass is 35.5. The second-order valence-corrected chi connectivity index (χ2v) is 7.49. The molecule has 1 aromatic carbocycles. The lowest BCUT2D eigenvalue weighted by atomic mass is 9.68. The van der Waals surface area contributed by atoms with Crippen molar-refractivity contribution in [1.29, 1.82) is 0 Å². The number of carbonyl (C=O) groups is 1. The predicted octanol–water partition coefficient (Wildman–Crippen LogP) is 6.09. The molecule has 1 aromatic rings. The van der Waals surface area contributed by atoms with Gasteiger partial charge in [-0.15, -0.1) is 0 Å². The van der Waals surface area contributed by atoms with E-state index in [1.165, 1.54) is 0 Å². The minimum Gasteiger partial charge on any atom is -0.360 e. The molecule has 0 unspecified atom stereocenters. The maximum Gasteiger partial charge on any atom is 0.160 e. The molecule has 0 spiro atoms. The number of benzene rings is 1. The average molecular weight is 340 g/mol. The van der Waals surface area contributed by atoms with E-state index in [4.69, 9.17) is 23.2 Å². The van der Waals surface area contributed by atoms with Crippen molar-refractivity contribution in [3.8, 4) is 0 Å². The molecule has 120 valence electrons. The summed E-state index contributed by atoms with van der Waals surface area (Å²) in [6.45, 7) is 6.78. The van der Waals surface area contributed by atoms with Crippen molar-refractivity contribution in [3.63, 3.8) is 0 Å². The SMILES string of the molecule is CCC(C)(C)[C@H]1CCC(=O)/C(=C/Nc2cc(Cl)ccc2Cl)C1. The van der Waals surface area contributed by atoms with Gasteiger partial charge in [-0.05, 0) is 42.4 Å². The highest BCUT2D eigenvalue weighted by Gasteiger charge is 2.33. The van der Waals surface area contributed by atoms with Gasteiger partial charge < -0.3 is 5.32 Å². The van der Waals surface area contributed by atoms with E-state index < -0.39 is 0 Å². The first-order valence-corrected chi connectivity index (χ1v) is 8.53. The molecule has 2 nitrogen and oxygen atoms in total. The Hall–Kier alpha value is -0.990. The summed E-state index contributed by atoms with van der Waals surface area (Å²) in [5.74, 6) is 0.770. The minimum absolute atomic E-state index is 0.230. The Kier molecular flexibility index (Phi) is 5.57. The lowest BCUT2D eigenvalue weighted by molar-refractivity contribution is -0.117. The van der Waals surface area contributed by atoms with E-state index in [0.29, 0.717) is 22.4 Å². The molecule has 1 fully saturated rings. The fraction of sp³-hybridized carbons (Fsp3) is 0.500. The summed E-state index contributed by atoms with van der Waals surface area (Å²) in [5, 5.41) is 4.35. The van der Waals surface area contributed by atoms with E-state index in [1.807, 2.05) is 0 Å². The summed E-state index contributed by atoms with van der Waals surface area (Å²) >= 11 is 12.1. The molecule has 22 heavy (non-hydrogen) atoms. The van der Waals surface area contributed by atoms with Crippen molar-refractivity contribution in [2.24, 2.45) is 11.3 Å². The third kappa shape index (κ3) is 4.05. The molecule has 0 amide bonds.